The van der Waals surface area contributed by atoms with Crippen LogP contribution in [-0.2, 0) is 6.61 Å². The standard InChI is InChI=1S/C26H25N3O4S/c1-17(2)33-21-9-6-19(7-10-21)26-29-22(16-34-26)25(30)28-20-8-11-23(31-3)24(13-20)32-15-18-5-4-12-27-14-18/h4-14,16-17H,15H2,1-3H3,(H,28,30). The molecule has 2 aromatic carbocycles. The molecular weight excluding hydrogens is 450 g/mol. The normalized spacial score (nSPS) is 10.7. The average molecular weight is 476 g/mol. The van der Waals surface area contributed by atoms with Crippen molar-refractivity contribution in [2.75, 3.05) is 12.4 Å². The van der Waals surface area contributed by atoms with E-state index >= 15 is 0 Å². The number of rotatable bonds is 9. The number of nitrogens with one attached hydrogen (secondary N) is 1. The number of carbonyl (C=O) groups is 1. The fraction of sp³-hybridized carbons (Fsp3) is 0.192. The second-order valence-electron chi connectivity index (χ2n) is 7.70. The third kappa shape index (κ3) is 5.90. The summed E-state index contributed by atoms with van der Waals surface area (Å²) in [6.45, 7) is 4.30. The molecule has 0 aliphatic heterocycles. The summed E-state index contributed by atoms with van der Waals surface area (Å²) in [5.41, 5.74) is 2.78. The minimum atomic E-state index is -0.300. The van der Waals surface area contributed by atoms with Gasteiger partial charge in [-0.1, -0.05) is 6.07 Å². The van der Waals surface area contributed by atoms with Crippen LogP contribution in [0.3, 0.4) is 0 Å². The smallest absolute Gasteiger partial charge is 0.275 e. The molecule has 0 bridgehead atoms. The lowest BCUT2D eigenvalue weighted by Gasteiger charge is -2.12. The highest BCUT2D eigenvalue weighted by atomic mass is 32.1. The molecule has 0 saturated heterocycles. The maximum absolute atomic E-state index is 12.8. The van der Waals surface area contributed by atoms with Crippen molar-refractivity contribution in [3.05, 3.63) is 83.6 Å². The number of pyridine rings is 1. The van der Waals surface area contributed by atoms with Gasteiger partial charge in [-0.3, -0.25) is 9.78 Å². The number of anilines is 1. The number of methoxy groups -OCH3 is 1. The number of ether oxygens (including phenoxy) is 3. The highest BCUT2D eigenvalue weighted by Gasteiger charge is 2.14. The summed E-state index contributed by atoms with van der Waals surface area (Å²) in [6.07, 6.45) is 3.56. The predicted molar refractivity (Wildman–Crippen MR) is 133 cm³/mol. The number of amides is 1. The molecule has 0 atom stereocenters. The molecule has 4 aromatic rings. The summed E-state index contributed by atoms with van der Waals surface area (Å²) in [6, 6.07) is 16.7. The molecule has 1 N–H and O–H groups in total. The molecule has 4 rings (SSSR count). The number of aromatic nitrogens is 2. The Hall–Kier alpha value is -3.91. The Labute approximate surface area is 202 Å². The van der Waals surface area contributed by atoms with E-state index in [9.17, 15) is 4.79 Å². The summed E-state index contributed by atoms with van der Waals surface area (Å²) in [7, 11) is 1.57. The SMILES string of the molecule is COc1ccc(NC(=O)c2csc(-c3ccc(OC(C)C)cc3)n2)cc1OCc1cccnc1. The molecule has 1 amide bonds. The zero-order valence-corrected chi connectivity index (χ0v) is 20.0. The lowest BCUT2D eigenvalue weighted by molar-refractivity contribution is 0.102. The molecule has 8 heteroatoms. The zero-order valence-electron chi connectivity index (χ0n) is 19.1. The van der Waals surface area contributed by atoms with Crippen LogP contribution in [0.4, 0.5) is 5.69 Å². The molecular formula is C26H25N3O4S. The monoisotopic (exact) mass is 475 g/mol. The van der Waals surface area contributed by atoms with Crippen LogP contribution in [-0.4, -0.2) is 29.1 Å². The van der Waals surface area contributed by atoms with Crippen molar-refractivity contribution in [1.29, 1.82) is 0 Å². The van der Waals surface area contributed by atoms with Gasteiger partial charge in [-0.2, -0.15) is 0 Å². The zero-order chi connectivity index (χ0) is 23.9. The Morgan fingerprint density at radius 2 is 1.91 bits per heavy atom. The van der Waals surface area contributed by atoms with Crippen molar-refractivity contribution in [2.45, 2.75) is 26.6 Å². The van der Waals surface area contributed by atoms with Gasteiger partial charge in [0.05, 0.1) is 13.2 Å². The topological polar surface area (TPSA) is 82.6 Å². The number of hydrogen-bond acceptors (Lipinski definition) is 7. The average Bonchev–Trinajstić information content (AvgIpc) is 3.34. The minimum absolute atomic E-state index is 0.111. The molecule has 34 heavy (non-hydrogen) atoms. The largest absolute Gasteiger partial charge is 0.493 e. The van der Waals surface area contributed by atoms with Crippen LogP contribution in [0.15, 0.2) is 72.4 Å². The molecule has 2 aromatic heterocycles. The molecule has 0 aliphatic carbocycles. The molecule has 0 unspecified atom stereocenters. The summed E-state index contributed by atoms with van der Waals surface area (Å²) >= 11 is 1.41. The van der Waals surface area contributed by atoms with Crippen molar-refractivity contribution in [3.63, 3.8) is 0 Å². The number of nitrogens with zero attached hydrogens (tertiary/aromatic N) is 2. The van der Waals surface area contributed by atoms with Crippen LogP contribution < -0.4 is 19.5 Å². The van der Waals surface area contributed by atoms with Gasteiger partial charge in [-0.25, -0.2) is 4.98 Å². The lowest BCUT2D eigenvalue weighted by atomic mass is 10.2. The molecule has 0 radical (unpaired) electrons. The van der Waals surface area contributed by atoms with Gasteiger partial charge in [-0.15, -0.1) is 11.3 Å². The van der Waals surface area contributed by atoms with Crippen molar-refractivity contribution >= 4 is 22.9 Å². The van der Waals surface area contributed by atoms with Gasteiger partial charge in [0.25, 0.3) is 5.91 Å². The van der Waals surface area contributed by atoms with Crippen LogP contribution in [0.5, 0.6) is 17.2 Å². The van der Waals surface area contributed by atoms with Gasteiger partial charge in [0.1, 0.15) is 23.1 Å². The van der Waals surface area contributed by atoms with Crippen molar-refractivity contribution in [3.8, 4) is 27.8 Å². The second-order valence-corrected chi connectivity index (χ2v) is 8.56. The Morgan fingerprint density at radius 3 is 2.62 bits per heavy atom. The van der Waals surface area contributed by atoms with E-state index < -0.39 is 0 Å². The first kappa shape index (κ1) is 23.3. The highest BCUT2D eigenvalue weighted by molar-refractivity contribution is 7.13. The summed E-state index contributed by atoms with van der Waals surface area (Å²) in [5.74, 6) is 1.59. The highest BCUT2D eigenvalue weighted by Crippen LogP contribution is 2.31. The Kier molecular flexibility index (Phi) is 7.39. The van der Waals surface area contributed by atoms with Crippen LogP contribution in [0.1, 0.15) is 29.9 Å². The number of thiazole rings is 1. The van der Waals surface area contributed by atoms with Crippen molar-refractivity contribution in [1.82, 2.24) is 9.97 Å². The Bertz CT molecular complexity index is 1240. The van der Waals surface area contributed by atoms with E-state index in [-0.39, 0.29) is 12.0 Å². The molecule has 0 saturated carbocycles. The van der Waals surface area contributed by atoms with Crippen LogP contribution in [0, 0.1) is 0 Å². The predicted octanol–water partition coefficient (Wildman–Crippen LogP) is 5.83. The molecule has 0 aliphatic rings. The Balaban J connectivity index is 1.44. The van der Waals surface area contributed by atoms with Gasteiger partial charge >= 0.3 is 0 Å². The summed E-state index contributed by atoms with van der Waals surface area (Å²) < 4.78 is 17.0. The maximum atomic E-state index is 12.8. The van der Waals surface area contributed by atoms with E-state index in [1.54, 1.807) is 43.1 Å². The van der Waals surface area contributed by atoms with Gasteiger partial charge in [0.15, 0.2) is 11.5 Å². The van der Waals surface area contributed by atoms with E-state index in [4.69, 9.17) is 14.2 Å². The molecule has 2 heterocycles. The van der Waals surface area contributed by atoms with E-state index in [1.165, 1.54) is 11.3 Å². The maximum Gasteiger partial charge on any atom is 0.275 e. The third-order valence-electron chi connectivity index (χ3n) is 4.75. The quantitative estimate of drug-likeness (QED) is 0.328. The van der Waals surface area contributed by atoms with Crippen LogP contribution >= 0.6 is 11.3 Å². The van der Waals surface area contributed by atoms with E-state index in [1.807, 2.05) is 50.2 Å². The number of benzene rings is 2. The number of hydrogen-bond donors (Lipinski definition) is 1. The van der Waals surface area contributed by atoms with E-state index in [2.05, 4.69) is 15.3 Å². The number of carbonyl (C=O) groups excluding carboxylic acids is 1. The Morgan fingerprint density at radius 1 is 1.09 bits per heavy atom. The first-order chi connectivity index (χ1) is 16.5. The van der Waals surface area contributed by atoms with E-state index in [0.717, 1.165) is 21.9 Å². The molecule has 7 nitrogen and oxygen atoms in total. The van der Waals surface area contributed by atoms with Gasteiger partial charge in [0.2, 0.25) is 0 Å². The van der Waals surface area contributed by atoms with Gasteiger partial charge in [0, 0.05) is 40.7 Å². The first-order valence-electron chi connectivity index (χ1n) is 10.8. The van der Waals surface area contributed by atoms with Crippen LogP contribution in [0.2, 0.25) is 0 Å². The fourth-order valence-corrected chi connectivity index (χ4v) is 3.97. The minimum Gasteiger partial charge on any atom is -0.493 e. The van der Waals surface area contributed by atoms with Gasteiger partial charge in [-0.05, 0) is 56.3 Å². The van der Waals surface area contributed by atoms with Gasteiger partial charge < -0.3 is 19.5 Å². The van der Waals surface area contributed by atoms with Crippen LogP contribution in [0.25, 0.3) is 10.6 Å². The molecule has 0 spiro atoms. The second kappa shape index (κ2) is 10.8. The van der Waals surface area contributed by atoms with Crippen molar-refractivity contribution < 1.29 is 19.0 Å². The van der Waals surface area contributed by atoms with E-state index in [0.29, 0.717) is 29.5 Å². The third-order valence-corrected chi connectivity index (χ3v) is 5.64. The van der Waals surface area contributed by atoms with Crippen molar-refractivity contribution in [2.24, 2.45) is 0 Å². The summed E-state index contributed by atoms with van der Waals surface area (Å²) in [4.78, 5) is 21.4. The fourth-order valence-electron chi connectivity index (χ4n) is 3.17. The lowest BCUT2D eigenvalue weighted by Crippen LogP contribution is -2.12. The first-order valence-corrected chi connectivity index (χ1v) is 11.6. The molecule has 0 fully saturated rings. The molecule has 174 valence electrons. The summed E-state index contributed by atoms with van der Waals surface area (Å²) in [5, 5.41) is 5.38.